The third-order valence-corrected chi connectivity index (χ3v) is 5.48. The quantitative estimate of drug-likeness (QED) is 0.783. The maximum Gasteiger partial charge on any atom is 0.239 e. The summed E-state index contributed by atoms with van der Waals surface area (Å²) < 4.78 is 13.1. The largest absolute Gasteiger partial charge is 0.368 e. The van der Waals surface area contributed by atoms with E-state index in [1.54, 1.807) is 30.9 Å². The Kier molecular flexibility index (Phi) is 6.20. The van der Waals surface area contributed by atoms with Gasteiger partial charge in [-0.2, -0.15) is 0 Å². The SMILES string of the molecule is CCc1ccc(NC(=O)C(C)(C)C(=O)N2CCN(c3ccc(F)cc3)CC2)cc1. The van der Waals surface area contributed by atoms with Crippen molar-refractivity contribution in [2.45, 2.75) is 27.2 Å². The van der Waals surface area contributed by atoms with Gasteiger partial charge in [-0.15, -0.1) is 0 Å². The van der Waals surface area contributed by atoms with Crippen molar-refractivity contribution in [3.05, 3.63) is 59.9 Å². The normalized spacial score (nSPS) is 14.6. The fraction of sp³-hybridized carbons (Fsp3) is 0.391. The second kappa shape index (κ2) is 8.64. The molecule has 1 saturated heterocycles. The minimum Gasteiger partial charge on any atom is -0.368 e. The van der Waals surface area contributed by atoms with Gasteiger partial charge in [0.25, 0.3) is 0 Å². The minimum atomic E-state index is -1.17. The van der Waals surface area contributed by atoms with E-state index >= 15 is 0 Å². The maximum absolute atomic E-state index is 13.1. The standard InChI is InChI=1S/C23H28FN3O2/c1-4-17-5-9-19(10-6-17)25-21(28)23(2,3)22(29)27-15-13-26(14-16-27)20-11-7-18(24)8-12-20/h5-12H,4,13-16H2,1-3H3,(H,25,28). The van der Waals surface area contributed by atoms with E-state index in [0.29, 0.717) is 31.9 Å². The molecule has 2 amide bonds. The van der Waals surface area contributed by atoms with Crippen LogP contribution in [-0.4, -0.2) is 42.9 Å². The van der Waals surface area contributed by atoms with Crippen molar-refractivity contribution >= 4 is 23.2 Å². The molecule has 0 radical (unpaired) electrons. The zero-order chi connectivity index (χ0) is 21.0. The van der Waals surface area contributed by atoms with Crippen LogP contribution < -0.4 is 10.2 Å². The molecule has 1 aliphatic rings. The van der Waals surface area contributed by atoms with E-state index in [2.05, 4.69) is 17.1 Å². The van der Waals surface area contributed by atoms with Crippen LogP contribution in [0.25, 0.3) is 0 Å². The molecule has 0 atom stereocenters. The number of rotatable bonds is 5. The number of aryl methyl sites for hydroxylation is 1. The van der Waals surface area contributed by atoms with Gasteiger partial charge in [-0.1, -0.05) is 19.1 Å². The van der Waals surface area contributed by atoms with Gasteiger partial charge in [-0.3, -0.25) is 9.59 Å². The summed E-state index contributed by atoms with van der Waals surface area (Å²) in [5.41, 5.74) is 1.65. The predicted molar refractivity (Wildman–Crippen MR) is 113 cm³/mol. The fourth-order valence-electron chi connectivity index (χ4n) is 3.42. The molecule has 1 heterocycles. The molecule has 29 heavy (non-hydrogen) atoms. The third-order valence-electron chi connectivity index (χ3n) is 5.48. The Balaban J connectivity index is 1.59. The Bertz CT molecular complexity index is 855. The third kappa shape index (κ3) is 4.75. The molecular weight excluding hydrogens is 369 g/mol. The van der Waals surface area contributed by atoms with Gasteiger partial charge in [-0.25, -0.2) is 4.39 Å². The van der Waals surface area contributed by atoms with E-state index in [1.807, 2.05) is 24.3 Å². The Hall–Kier alpha value is -2.89. The van der Waals surface area contributed by atoms with Crippen LogP contribution in [0.5, 0.6) is 0 Å². The number of halogens is 1. The van der Waals surface area contributed by atoms with Crippen molar-refractivity contribution in [1.29, 1.82) is 0 Å². The van der Waals surface area contributed by atoms with Gasteiger partial charge in [0.1, 0.15) is 11.2 Å². The summed E-state index contributed by atoms with van der Waals surface area (Å²) in [4.78, 5) is 29.7. The van der Waals surface area contributed by atoms with E-state index in [4.69, 9.17) is 0 Å². The zero-order valence-electron chi connectivity index (χ0n) is 17.2. The van der Waals surface area contributed by atoms with Crippen molar-refractivity contribution in [2.75, 3.05) is 36.4 Å². The fourth-order valence-corrected chi connectivity index (χ4v) is 3.42. The van der Waals surface area contributed by atoms with Gasteiger partial charge in [0, 0.05) is 37.6 Å². The Morgan fingerprint density at radius 1 is 0.966 bits per heavy atom. The van der Waals surface area contributed by atoms with Crippen LogP contribution in [-0.2, 0) is 16.0 Å². The summed E-state index contributed by atoms with van der Waals surface area (Å²) in [5.74, 6) is -0.758. The number of anilines is 2. The summed E-state index contributed by atoms with van der Waals surface area (Å²) in [6.07, 6.45) is 0.933. The molecule has 0 aliphatic carbocycles. The van der Waals surface area contributed by atoms with Crippen molar-refractivity contribution < 1.29 is 14.0 Å². The lowest BCUT2D eigenvalue weighted by Crippen LogP contribution is -2.54. The van der Waals surface area contributed by atoms with Crippen LogP contribution in [0, 0.1) is 11.2 Å². The molecule has 0 unspecified atom stereocenters. The number of hydrogen-bond acceptors (Lipinski definition) is 3. The van der Waals surface area contributed by atoms with Gasteiger partial charge in [0.05, 0.1) is 0 Å². The first-order valence-electron chi connectivity index (χ1n) is 10.0. The highest BCUT2D eigenvalue weighted by atomic mass is 19.1. The summed E-state index contributed by atoms with van der Waals surface area (Å²) in [6.45, 7) is 7.75. The van der Waals surface area contributed by atoms with Crippen LogP contribution in [0.2, 0.25) is 0 Å². The lowest BCUT2D eigenvalue weighted by molar-refractivity contribution is -0.146. The number of hydrogen-bond donors (Lipinski definition) is 1. The van der Waals surface area contributed by atoms with Crippen LogP contribution in [0.4, 0.5) is 15.8 Å². The Labute approximate surface area is 171 Å². The molecule has 0 bridgehead atoms. The second-order valence-electron chi connectivity index (χ2n) is 7.89. The summed E-state index contributed by atoms with van der Waals surface area (Å²) in [6, 6.07) is 14.0. The van der Waals surface area contributed by atoms with Crippen LogP contribution >= 0.6 is 0 Å². The molecule has 2 aromatic rings. The first-order valence-corrected chi connectivity index (χ1v) is 10.0. The van der Waals surface area contributed by atoms with Gasteiger partial charge >= 0.3 is 0 Å². The number of carbonyl (C=O) groups is 2. The van der Waals surface area contributed by atoms with Crippen LogP contribution in [0.1, 0.15) is 26.3 Å². The summed E-state index contributed by atoms with van der Waals surface area (Å²) in [7, 11) is 0. The van der Waals surface area contributed by atoms with E-state index in [-0.39, 0.29) is 17.6 Å². The molecule has 0 spiro atoms. The van der Waals surface area contributed by atoms with Crippen LogP contribution in [0.15, 0.2) is 48.5 Å². The second-order valence-corrected chi connectivity index (χ2v) is 7.89. The Morgan fingerprint density at radius 3 is 2.10 bits per heavy atom. The molecule has 0 saturated carbocycles. The van der Waals surface area contributed by atoms with Gasteiger partial charge in [0.15, 0.2) is 0 Å². The molecule has 6 heteroatoms. The number of nitrogens with zero attached hydrogens (tertiary/aromatic N) is 2. The molecule has 1 aliphatic heterocycles. The molecule has 5 nitrogen and oxygen atoms in total. The van der Waals surface area contributed by atoms with E-state index in [1.165, 1.54) is 17.7 Å². The number of amides is 2. The lowest BCUT2D eigenvalue weighted by atomic mass is 9.89. The number of nitrogens with one attached hydrogen (secondary N) is 1. The van der Waals surface area contributed by atoms with E-state index in [0.717, 1.165) is 12.1 Å². The highest BCUT2D eigenvalue weighted by Gasteiger charge is 2.40. The number of benzene rings is 2. The lowest BCUT2D eigenvalue weighted by Gasteiger charge is -2.39. The predicted octanol–water partition coefficient (Wildman–Crippen LogP) is 3.70. The summed E-state index contributed by atoms with van der Waals surface area (Å²) >= 11 is 0. The number of carbonyl (C=O) groups excluding carboxylic acids is 2. The average Bonchev–Trinajstić information content (AvgIpc) is 2.74. The smallest absolute Gasteiger partial charge is 0.239 e. The molecular formula is C23H28FN3O2. The topological polar surface area (TPSA) is 52.7 Å². The Morgan fingerprint density at radius 2 is 1.55 bits per heavy atom. The first-order chi connectivity index (χ1) is 13.8. The monoisotopic (exact) mass is 397 g/mol. The van der Waals surface area contributed by atoms with Crippen molar-refractivity contribution in [2.24, 2.45) is 5.41 Å². The highest BCUT2D eigenvalue weighted by Crippen LogP contribution is 2.24. The van der Waals surface area contributed by atoms with Crippen molar-refractivity contribution in [3.63, 3.8) is 0 Å². The maximum atomic E-state index is 13.1. The molecule has 3 rings (SSSR count). The highest BCUT2D eigenvalue weighted by molar-refractivity contribution is 6.09. The molecule has 2 aromatic carbocycles. The molecule has 1 N–H and O–H groups in total. The van der Waals surface area contributed by atoms with Crippen LogP contribution in [0.3, 0.4) is 0 Å². The van der Waals surface area contributed by atoms with Gasteiger partial charge in [-0.05, 0) is 62.2 Å². The van der Waals surface area contributed by atoms with Crippen molar-refractivity contribution in [1.82, 2.24) is 4.90 Å². The zero-order valence-corrected chi connectivity index (χ0v) is 17.2. The van der Waals surface area contributed by atoms with E-state index < -0.39 is 5.41 Å². The molecule has 0 aromatic heterocycles. The van der Waals surface area contributed by atoms with Gasteiger partial charge in [0.2, 0.25) is 11.8 Å². The average molecular weight is 397 g/mol. The minimum absolute atomic E-state index is 0.182. The van der Waals surface area contributed by atoms with E-state index in [9.17, 15) is 14.0 Å². The summed E-state index contributed by atoms with van der Waals surface area (Å²) in [5, 5.41) is 2.86. The number of piperazine rings is 1. The molecule has 1 fully saturated rings. The van der Waals surface area contributed by atoms with Crippen molar-refractivity contribution in [3.8, 4) is 0 Å². The first kappa shape index (κ1) is 20.8. The van der Waals surface area contributed by atoms with Gasteiger partial charge < -0.3 is 15.1 Å². The molecule has 154 valence electrons.